The summed E-state index contributed by atoms with van der Waals surface area (Å²) >= 11 is 3.27. The van der Waals surface area contributed by atoms with Crippen LogP contribution < -0.4 is 4.90 Å². The number of nitro groups is 1. The molecule has 2 rings (SSSR count). The van der Waals surface area contributed by atoms with Crippen molar-refractivity contribution < 1.29 is 4.92 Å². The van der Waals surface area contributed by atoms with Crippen LogP contribution in [0.4, 0.5) is 11.4 Å². The first kappa shape index (κ1) is 14.5. The molecule has 104 valence electrons. The lowest BCUT2D eigenvalue weighted by atomic mass is 10.2. The first-order valence-corrected chi connectivity index (χ1v) is 7.00. The molecule has 1 aromatic heterocycles. The molecule has 2 aromatic rings. The minimum atomic E-state index is -0.360. The van der Waals surface area contributed by atoms with Crippen molar-refractivity contribution in [1.29, 1.82) is 0 Å². The third kappa shape index (κ3) is 3.33. The molecule has 0 saturated heterocycles. The van der Waals surface area contributed by atoms with E-state index in [-0.39, 0.29) is 10.6 Å². The van der Waals surface area contributed by atoms with E-state index < -0.39 is 0 Å². The first-order chi connectivity index (χ1) is 9.61. The summed E-state index contributed by atoms with van der Waals surface area (Å²) < 4.78 is 0.696. The third-order valence-electron chi connectivity index (χ3n) is 2.94. The Morgan fingerprint density at radius 2 is 2.15 bits per heavy atom. The standard InChI is InChI=1S/C14H14BrN3O2/c1-2-17(10-12-5-3-4-8-16-12)13-7-6-11(15)9-14(13)18(19)20/h3-9H,2,10H2,1H3. The molecule has 0 aliphatic rings. The van der Waals surface area contributed by atoms with Gasteiger partial charge in [-0.1, -0.05) is 22.0 Å². The molecule has 1 heterocycles. The van der Waals surface area contributed by atoms with E-state index in [0.717, 1.165) is 5.69 Å². The normalized spacial score (nSPS) is 10.3. The zero-order chi connectivity index (χ0) is 14.5. The number of nitrogens with zero attached hydrogens (tertiary/aromatic N) is 3. The van der Waals surface area contributed by atoms with Crippen molar-refractivity contribution in [2.75, 3.05) is 11.4 Å². The second-order valence-corrected chi connectivity index (χ2v) is 5.14. The lowest BCUT2D eigenvalue weighted by molar-refractivity contribution is -0.384. The van der Waals surface area contributed by atoms with Crippen molar-refractivity contribution in [1.82, 2.24) is 4.98 Å². The van der Waals surface area contributed by atoms with Crippen molar-refractivity contribution in [2.24, 2.45) is 0 Å². The van der Waals surface area contributed by atoms with Gasteiger partial charge in [0.25, 0.3) is 5.69 Å². The van der Waals surface area contributed by atoms with Crippen LogP contribution in [0.2, 0.25) is 0 Å². The predicted octanol–water partition coefficient (Wildman–Crippen LogP) is 3.78. The van der Waals surface area contributed by atoms with Gasteiger partial charge in [0.05, 0.1) is 17.2 Å². The monoisotopic (exact) mass is 335 g/mol. The molecular formula is C14H14BrN3O2. The van der Waals surface area contributed by atoms with Crippen molar-refractivity contribution in [3.05, 3.63) is 62.9 Å². The number of halogens is 1. The van der Waals surface area contributed by atoms with Crippen LogP contribution in [0.5, 0.6) is 0 Å². The van der Waals surface area contributed by atoms with E-state index in [2.05, 4.69) is 20.9 Å². The SMILES string of the molecule is CCN(Cc1ccccn1)c1ccc(Br)cc1[N+](=O)[O-]. The summed E-state index contributed by atoms with van der Waals surface area (Å²) in [5.41, 5.74) is 1.58. The van der Waals surface area contributed by atoms with Crippen LogP contribution in [0.25, 0.3) is 0 Å². The van der Waals surface area contributed by atoms with Crippen molar-refractivity contribution >= 4 is 27.3 Å². The zero-order valence-electron chi connectivity index (χ0n) is 11.0. The number of anilines is 1. The highest BCUT2D eigenvalue weighted by atomic mass is 79.9. The molecular weight excluding hydrogens is 322 g/mol. The fourth-order valence-electron chi connectivity index (χ4n) is 1.96. The average Bonchev–Trinajstić information content (AvgIpc) is 2.46. The second kappa shape index (κ2) is 6.47. The number of pyridine rings is 1. The number of benzene rings is 1. The lowest BCUT2D eigenvalue weighted by Crippen LogP contribution is -2.23. The summed E-state index contributed by atoms with van der Waals surface area (Å²) in [5, 5.41) is 11.2. The van der Waals surface area contributed by atoms with E-state index in [1.807, 2.05) is 36.1 Å². The Hall–Kier alpha value is -1.95. The Morgan fingerprint density at radius 1 is 1.35 bits per heavy atom. The molecule has 0 atom stereocenters. The Labute approximate surface area is 125 Å². The smallest absolute Gasteiger partial charge is 0.293 e. The molecule has 0 saturated carbocycles. The van der Waals surface area contributed by atoms with Crippen LogP contribution in [0.3, 0.4) is 0 Å². The summed E-state index contributed by atoms with van der Waals surface area (Å²) in [6.45, 7) is 3.17. The summed E-state index contributed by atoms with van der Waals surface area (Å²) in [7, 11) is 0. The quantitative estimate of drug-likeness (QED) is 0.616. The van der Waals surface area contributed by atoms with Gasteiger partial charge in [-0.05, 0) is 31.2 Å². The van der Waals surface area contributed by atoms with Gasteiger partial charge in [-0.3, -0.25) is 15.1 Å². The molecule has 1 aromatic carbocycles. The molecule has 0 radical (unpaired) electrons. The maximum Gasteiger partial charge on any atom is 0.293 e. The Balaban J connectivity index is 2.34. The predicted molar refractivity (Wildman–Crippen MR) is 81.8 cm³/mol. The van der Waals surface area contributed by atoms with E-state index in [1.54, 1.807) is 12.3 Å². The fraction of sp³-hybridized carbons (Fsp3) is 0.214. The Morgan fingerprint density at radius 3 is 2.75 bits per heavy atom. The first-order valence-electron chi connectivity index (χ1n) is 6.20. The van der Waals surface area contributed by atoms with Crippen LogP contribution in [0.15, 0.2) is 47.1 Å². The van der Waals surface area contributed by atoms with E-state index in [0.29, 0.717) is 23.2 Å². The third-order valence-corrected chi connectivity index (χ3v) is 3.43. The Bertz CT molecular complexity index is 605. The molecule has 5 nitrogen and oxygen atoms in total. The largest absolute Gasteiger partial charge is 0.360 e. The van der Waals surface area contributed by atoms with Gasteiger partial charge in [0, 0.05) is 23.3 Å². The summed E-state index contributed by atoms with van der Waals surface area (Å²) in [6, 6.07) is 10.8. The molecule has 0 aliphatic carbocycles. The minimum absolute atomic E-state index is 0.0946. The molecule has 0 amide bonds. The van der Waals surface area contributed by atoms with Gasteiger partial charge in [-0.15, -0.1) is 0 Å². The van der Waals surface area contributed by atoms with E-state index in [9.17, 15) is 10.1 Å². The molecule has 0 unspecified atom stereocenters. The topological polar surface area (TPSA) is 59.3 Å². The van der Waals surface area contributed by atoms with Crippen LogP contribution in [0, 0.1) is 10.1 Å². The van der Waals surface area contributed by atoms with E-state index in [4.69, 9.17) is 0 Å². The number of nitro benzene ring substituents is 1. The second-order valence-electron chi connectivity index (χ2n) is 4.23. The number of aromatic nitrogens is 1. The number of rotatable bonds is 5. The fourth-order valence-corrected chi connectivity index (χ4v) is 2.31. The van der Waals surface area contributed by atoms with Crippen molar-refractivity contribution in [2.45, 2.75) is 13.5 Å². The highest BCUT2D eigenvalue weighted by Crippen LogP contribution is 2.31. The van der Waals surface area contributed by atoms with Crippen LogP contribution in [-0.4, -0.2) is 16.5 Å². The van der Waals surface area contributed by atoms with Crippen LogP contribution in [-0.2, 0) is 6.54 Å². The van der Waals surface area contributed by atoms with E-state index >= 15 is 0 Å². The number of hydrogen-bond acceptors (Lipinski definition) is 4. The van der Waals surface area contributed by atoms with Crippen LogP contribution >= 0.6 is 15.9 Å². The maximum atomic E-state index is 11.2. The zero-order valence-corrected chi connectivity index (χ0v) is 12.6. The van der Waals surface area contributed by atoms with E-state index in [1.165, 1.54) is 6.07 Å². The maximum absolute atomic E-state index is 11.2. The molecule has 6 heteroatoms. The van der Waals surface area contributed by atoms with Gasteiger partial charge < -0.3 is 4.90 Å². The van der Waals surface area contributed by atoms with Gasteiger partial charge >= 0.3 is 0 Å². The van der Waals surface area contributed by atoms with Crippen LogP contribution in [0.1, 0.15) is 12.6 Å². The molecule has 0 spiro atoms. The highest BCUT2D eigenvalue weighted by molar-refractivity contribution is 9.10. The van der Waals surface area contributed by atoms with Crippen molar-refractivity contribution in [3.63, 3.8) is 0 Å². The van der Waals surface area contributed by atoms with Gasteiger partial charge in [0.1, 0.15) is 5.69 Å². The lowest BCUT2D eigenvalue weighted by Gasteiger charge is -2.22. The van der Waals surface area contributed by atoms with Gasteiger partial charge in [0.2, 0.25) is 0 Å². The molecule has 0 fully saturated rings. The van der Waals surface area contributed by atoms with Gasteiger partial charge in [-0.25, -0.2) is 0 Å². The van der Waals surface area contributed by atoms with Gasteiger partial charge in [0.15, 0.2) is 0 Å². The molecule has 20 heavy (non-hydrogen) atoms. The van der Waals surface area contributed by atoms with Crippen molar-refractivity contribution in [3.8, 4) is 0 Å². The molecule has 0 aliphatic heterocycles. The summed E-state index contributed by atoms with van der Waals surface area (Å²) in [4.78, 5) is 17.0. The Kier molecular flexibility index (Phi) is 4.68. The molecule has 0 N–H and O–H groups in total. The minimum Gasteiger partial charge on any atom is -0.360 e. The average molecular weight is 336 g/mol. The van der Waals surface area contributed by atoms with Gasteiger partial charge in [-0.2, -0.15) is 0 Å². The number of hydrogen-bond donors (Lipinski definition) is 0. The highest BCUT2D eigenvalue weighted by Gasteiger charge is 2.19. The molecule has 0 bridgehead atoms. The summed E-state index contributed by atoms with van der Waals surface area (Å²) in [5.74, 6) is 0. The summed E-state index contributed by atoms with van der Waals surface area (Å²) in [6.07, 6.45) is 1.72.